The first-order valence-electron chi connectivity index (χ1n) is 14.5. The van der Waals surface area contributed by atoms with Gasteiger partial charge in [0.2, 0.25) is 0 Å². The van der Waals surface area contributed by atoms with Gasteiger partial charge < -0.3 is 25.0 Å². The maximum Gasteiger partial charge on any atom is 0.253 e. The molecule has 0 unspecified atom stereocenters. The minimum atomic E-state index is -0.152. The first-order chi connectivity index (χ1) is 19.1. The molecule has 1 saturated heterocycles. The first kappa shape index (κ1) is 27.9. The van der Waals surface area contributed by atoms with E-state index in [4.69, 9.17) is 4.98 Å². The average molecular weight is 543 g/mol. The highest BCUT2D eigenvalue weighted by Crippen LogP contribution is 2.37. The van der Waals surface area contributed by atoms with Gasteiger partial charge in [-0.15, -0.1) is 0 Å². The quantitative estimate of drug-likeness (QED) is 0.463. The van der Waals surface area contributed by atoms with E-state index in [0.29, 0.717) is 17.2 Å². The second-order valence-electron chi connectivity index (χ2n) is 11.8. The molecule has 0 radical (unpaired) electrons. The van der Waals surface area contributed by atoms with Crippen LogP contribution in [0.25, 0.3) is 11.1 Å². The number of amides is 1. The zero-order chi connectivity index (χ0) is 28.6. The zero-order valence-electron chi connectivity index (χ0n) is 24.7. The van der Waals surface area contributed by atoms with E-state index in [2.05, 4.69) is 77.9 Å². The predicted molar refractivity (Wildman–Crippen MR) is 163 cm³/mol. The second-order valence-corrected chi connectivity index (χ2v) is 11.8. The van der Waals surface area contributed by atoms with E-state index in [1.807, 2.05) is 25.3 Å². The Bertz CT molecular complexity index is 1430. The molecule has 8 nitrogen and oxygen atoms in total. The standard InChI is InChI=1S/C32H42N6O2/c1-20(2)26-15-22(5)35-32(40)28(26)19-34-31(39)27-16-24(17-29-25(27)9-10-38(29)21(3)4)23-7-8-30(33-18-23)37-13-11-36(6)12-14-37/h7-8,15-18,20-21H,9-14,19H2,1-6H3,(H,34,39)(H,35,40). The molecule has 2 N–H and O–H groups in total. The van der Waals surface area contributed by atoms with Crippen molar-refractivity contribution in [3.63, 3.8) is 0 Å². The molecule has 0 atom stereocenters. The molecule has 0 aliphatic carbocycles. The molecule has 2 aliphatic rings. The van der Waals surface area contributed by atoms with Gasteiger partial charge in [0, 0.05) is 79.6 Å². The van der Waals surface area contributed by atoms with Crippen LogP contribution in [-0.4, -0.2) is 66.6 Å². The van der Waals surface area contributed by atoms with E-state index in [9.17, 15) is 9.59 Å². The summed E-state index contributed by atoms with van der Waals surface area (Å²) in [6.07, 6.45) is 2.74. The minimum absolute atomic E-state index is 0.138. The highest BCUT2D eigenvalue weighted by molar-refractivity contribution is 5.99. The van der Waals surface area contributed by atoms with Gasteiger partial charge in [-0.25, -0.2) is 4.98 Å². The molecule has 2 aromatic heterocycles. The number of H-pyrrole nitrogens is 1. The van der Waals surface area contributed by atoms with E-state index in [0.717, 1.165) is 78.6 Å². The van der Waals surface area contributed by atoms with Gasteiger partial charge in [-0.1, -0.05) is 13.8 Å². The van der Waals surface area contributed by atoms with Crippen molar-refractivity contribution in [3.8, 4) is 11.1 Å². The molecule has 8 heteroatoms. The maximum absolute atomic E-state index is 13.7. The number of aromatic amines is 1. The number of aromatic nitrogens is 2. The van der Waals surface area contributed by atoms with Gasteiger partial charge in [-0.2, -0.15) is 0 Å². The van der Waals surface area contributed by atoms with Gasteiger partial charge in [0.1, 0.15) is 5.82 Å². The fourth-order valence-electron chi connectivity index (χ4n) is 5.92. The number of aryl methyl sites for hydroxylation is 1. The van der Waals surface area contributed by atoms with Gasteiger partial charge in [0.15, 0.2) is 0 Å². The fraction of sp³-hybridized carbons (Fsp3) is 0.469. The molecule has 40 heavy (non-hydrogen) atoms. The molecule has 5 rings (SSSR count). The normalized spacial score (nSPS) is 15.7. The number of benzene rings is 1. The van der Waals surface area contributed by atoms with Crippen LogP contribution < -0.4 is 20.7 Å². The summed E-state index contributed by atoms with van der Waals surface area (Å²) >= 11 is 0. The average Bonchev–Trinajstić information content (AvgIpc) is 3.36. The summed E-state index contributed by atoms with van der Waals surface area (Å²) < 4.78 is 0. The molecule has 3 aromatic rings. The van der Waals surface area contributed by atoms with Crippen LogP contribution in [0.4, 0.5) is 11.5 Å². The number of carbonyl (C=O) groups is 1. The van der Waals surface area contributed by atoms with Crippen molar-refractivity contribution in [2.24, 2.45) is 0 Å². The topological polar surface area (TPSA) is 84.6 Å². The SMILES string of the molecule is Cc1cc(C(C)C)c(CNC(=O)c2cc(-c3ccc(N4CCN(C)CC4)nc3)cc3c2CCN3C(C)C)c(=O)[nH]1. The monoisotopic (exact) mass is 542 g/mol. The lowest BCUT2D eigenvalue weighted by Crippen LogP contribution is -2.44. The Labute approximate surface area is 237 Å². The molecule has 0 bridgehead atoms. The summed E-state index contributed by atoms with van der Waals surface area (Å²) in [5, 5.41) is 3.08. The van der Waals surface area contributed by atoms with Crippen molar-refractivity contribution in [2.45, 2.75) is 59.5 Å². The van der Waals surface area contributed by atoms with Crippen LogP contribution in [-0.2, 0) is 13.0 Å². The predicted octanol–water partition coefficient (Wildman–Crippen LogP) is 4.32. The second kappa shape index (κ2) is 11.5. The molecule has 2 aliphatic heterocycles. The number of hydrogen-bond donors (Lipinski definition) is 2. The summed E-state index contributed by atoms with van der Waals surface area (Å²) in [6, 6.07) is 10.7. The Kier molecular flexibility index (Phi) is 7.99. The highest BCUT2D eigenvalue weighted by atomic mass is 16.1. The van der Waals surface area contributed by atoms with Crippen LogP contribution in [0.1, 0.15) is 66.4 Å². The van der Waals surface area contributed by atoms with Crippen molar-refractivity contribution >= 4 is 17.4 Å². The third kappa shape index (κ3) is 5.63. The number of hydrogen-bond acceptors (Lipinski definition) is 6. The van der Waals surface area contributed by atoms with Crippen LogP contribution >= 0.6 is 0 Å². The van der Waals surface area contributed by atoms with E-state index in [1.54, 1.807) is 0 Å². The molecular weight excluding hydrogens is 500 g/mol. The summed E-state index contributed by atoms with van der Waals surface area (Å²) in [7, 11) is 2.15. The Balaban J connectivity index is 1.45. The molecule has 1 fully saturated rings. The van der Waals surface area contributed by atoms with Crippen molar-refractivity contribution in [3.05, 3.63) is 74.8 Å². The smallest absolute Gasteiger partial charge is 0.253 e. The van der Waals surface area contributed by atoms with Gasteiger partial charge in [0.25, 0.3) is 11.5 Å². The summed E-state index contributed by atoms with van der Waals surface area (Å²) in [5.74, 6) is 1.02. The lowest BCUT2D eigenvalue weighted by molar-refractivity contribution is 0.0950. The van der Waals surface area contributed by atoms with E-state index in [-0.39, 0.29) is 23.9 Å². The van der Waals surface area contributed by atoms with Crippen LogP contribution in [0, 0.1) is 6.92 Å². The maximum atomic E-state index is 13.7. The third-order valence-electron chi connectivity index (χ3n) is 8.27. The lowest BCUT2D eigenvalue weighted by atomic mass is 9.96. The molecule has 0 saturated carbocycles. The van der Waals surface area contributed by atoms with Crippen LogP contribution in [0.3, 0.4) is 0 Å². The molecule has 4 heterocycles. The lowest BCUT2D eigenvalue weighted by Gasteiger charge is -2.33. The zero-order valence-corrected chi connectivity index (χ0v) is 24.7. The number of nitrogens with one attached hydrogen (secondary N) is 2. The van der Waals surface area contributed by atoms with Gasteiger partial charge >= 0.3 is 0 Å². The molecule has 1 amide bonds. The number of anilines is 2. The van der Waals surface area contributed by atoms with E-state index in [1.165, 1.54) is 0 Å². The Morgan fingerprint density at radius 3 is 2.42 bits per heavy atom. The Hall–Kier alpha value is -3.65. The first-order valence-corrected chi connectivity index (χ1v) is 14.5. The number of fused-ring (bicyclic) bond motifs is 1. The van der Waals surface area contributed by atoms with Crippen molar-refractivity contribution in [2.75, 3.05) is 49.6 Å². The number of likely N-dealkylation sites (N-methyl/N-ethyl adjacent to an activating group) is 1. The third-order valence-corrected chi connectivity index (χ3v) is 8.27. The molecular formula is C32H42N6O2. The summed E-state index contributed by atoms with van der Waals surface area (Å²) in [5.41, 5.74) is 7.10. The van der Waals surface area contributed by atoms with Crippen LogP contribution in [0.2, 0.25) is 0 Å². The number of pyridine rings is 2. The number of nitrogens with zero attached hydrogens (tertiary/aromatic N) is 4. The largest absolute Gasteiger partial charge is 0.369 e. The van der Waals surface area contributed by atoms with Crippen LogP contribution in [0.15, 0.2) is 41.3 Å². The highest BCUT2D eigenvalue weighted by Gasteiger charge is 2.28. The van der Waals surface area contributed by atoms with Crippen molar-refractivity contribution < 1.29 is 4.79 Å². The van der Waals surface area contributed by atoms with Gasteiger partial charge in [0.05, 0.1) is 0 Å². The summed E-state index contributed by atoms with van der Waals surface area (Å²) in [4.78, 5) is 41.2. The number of piperazine rings is 1. The van der Waals surface area contributed by atoms with E-state index < -0.39 is 0 Å². The number of carbonyl (C=O) groups excluding carboxylic acids is 1. The Morgan fingerprint density at radius 1 is 1.02 bits per heavy atom. The van der Waals surface area contributed by atoms with Gasteiger partial charge in [-0.05, 0) is 87.2 Å². The van der Waals surface area contributed by atoms with E-state index >= 15 is 0 Å². The fourth-order valence-corrected chi connectivity index (χ4v) is 5.92. The number of rotatable bonds is 7. The molecule has 0 spiro atoms. The van der Waals surface area contributed by atoms with Crippen molar-refractivity contribution in [1.29, 1.82) is 0 Å². The summed E-state index contributed by atoms with van der Waals surface area (Å²) in [6.45, 7) is 15.5. The molecule has 212 valence electrons. The molecule has 1 aromatic carbocycles. The van der Waals surface area contributed by atoms with Gasteiger partial charge in [-0.3, -0.25) is 9.59 Å². The van der Waals surface area contributed by atoms with Crippen LogP contribution in [0.5, 0.6) is 0 Å². The minimum Gasteiger partial charge on any atom is -0.369 e. The van der Waals surface area contributed by atoms with Crippen molar-refractivity contribution in [1.82, 2.24) is 20.2 Å². The Morgan fingerprint density at radius 2 is 1.77 bits per heavy atom.